The minimum atomic E-state index is -0.295. The Labute approximate surface area is 136 Å². The van der Waals surface area contributed by atoms with Gasteiger partial charge in [0.1, 0.15) is 11.6 Å². The first-order chi connectivity index (χ1) is 11.2. The molecule has 0 fully saturated rings. The van der Waals surface area contributed by atoms with E-state index in [-0.39, 0.29) is 11.6 Å². The molecule has 1 aliphatic rings. The molecule has 3 rings (SSSR count). The van der Waals surface area contributed by atoms with Crippen molar-refractivity contribution in [2.45, 2.75) is 39.0 Å². The van der Waals surface area contributed by atoms with Gasteiger partial charge in [0.25, 0.3) is 0 Å². The molecule has 0 bridgehead atoms. The van der Waals surface area contributed by atoms with E-state index in [4.69, 9.17) is 0 Å². The minimum absolute atomic E-state index is 0.204. The number of benzene rings is 2. The van der Waals surface area contributed by atoms with Crippen molar-refractivity contribution in [1.29, 1.82) is 0 Å². The Kier molecular flexibility index (Phi) is 4.90. The van der Waals surface area contributed by atoms with Gasteiger partial charge in [0.05, 0.1) is 0 Å². The number of hydrogen-bond acceptors (Lipinski definition) is 0. The molecule has 0 nitrogen and oxygen atoms in total. The summed E-state index contributed by atoms with van der Waals surface area (Å²) in [7, 11) is 0. The lowest BCUT2D eigenvalue weighted by Gasteiger charge is -2.25. The van der Waals surface area contributed by atoms with Gasteiger partial charge >= 0.3 is 0 Å². The lowest BCUT2D eigenvalue weighted by molar-refractivity contribution is 0.429. The molecule has 0 radical (unpaired) electrons. The summed E-state index contributed by atoms with van der Waals surface area (Å²) < 4.78 is 27.5. The van der Waals surface area contributed by atoms with Crippen molar-refractivity contribution >= 4 is 0 Å². The number of hydrogen-bond donors (Lipinski definition) is 0. The van der Waals surface area contributed by atoms with Crippen LogP contribution in [-0.4, -0.2) is 0 Å². The van der Waals surface area contributed by atoms with Gasteiger partial charge in [-0.25, -0.2) is 8.78 Å². The lowest BCUT2D eigenvalue weighted by atomic mass is 9.80. The maximum atomic E-state index is 14.5. The van der Waals surface area contributed by atoms with Crippen LogP contribution in [0.4, 0.5) is 8.78 Å². The molecule has 2 aromatic carbocycles. The first-order valence-electron chi connectivity index (χ1n) is 8.35. The first kappa shape index (κ1) is 15.9. The Morgan fingerprint density at radius 1 is 1.09 bits per heavy atom. The summed E-state index contributed by atoms with van der Waals surface area (Å²) in [4.78, 5) is 0. The molecule has 0 aliphatic heterocycles. The van der Waals surface area contributed by atoms with E-state index in [2.05, 4.69) is 12.2 Å². The highest BCUT2D eigenvalue weighted by Gasteiger charge is 2.20. The van der Waals surface area contributed by atoms with E-state index in [1.54, 1.807) is 18.2 Å². The van der Waals surface area contributed by atoms with E-state index in [9.17, 15) is 8.78 Å². The molecular weight excluding hydrogens is 290 g/mol. The highest BCUT2D eigenvalue weighted by Crippen LogP contribution is 2.33. The van der Waals surface area contributed by atoms with Crippen molar-refractivity contribution in [3.05, 3.63) is 71.3 Å². The van der Waals surface area contributed by atoms with Gasteiger partial charge in [-0.15, -0.1) is 0 Å². The Balaban J connectivity index is 1.82. The molecule has 0 saturated carbocycles. The summed E-state index contributed by atoms with van der Waals surface area (Å²) in [5.41, 5.74) is 3.70. The quantitative estimate of drug-likeness (QED) is 0.599. The van der Waals surface area contributed by atoms with Crippen LogP contribution in [-0.2, 0) is 12.8 Å². The Morgan fingerprint density at radius 2 is 1.87 bits per heavy atom. The Morgan fingerprint density at radius 3 is 2.61 bits per heavy atom. The Hall–Kier alpha value is -1.96. The van der Waals surface area contributed by atoms with Crippen LogP contribution in [0.25, 0.3) is 11.1 Å². The molecule has 1 unspecified atom stereocenters. The largest absolute Gasteiger partial charge is 0.207 e. The standard InChI is InChI=1S/C21H22F2/c1-2-3-4-5-15-6-7-17-13-20(21(23)14-18(17)12-15)16-8-10-19(22)11-9-16/h2-3,8-11,13-15H,4-7,12H2,1H3/b3-2+. The van der Waals surface area contributed by atoms with Crippen LogP contribution in [0.5, 0.6) is 0 Å². The maximum absolute atomic E-state index is 14.5. The van der Waals surface area contributed by atoms with Crippen LogP contribution in [0.2, 0.25) is 0 Å². The average Bonchev–Trinajstić information content (AvgIpc) is 2.55. The molecule has 1 aliphatic carbocycles. The third-order valence-corrected chi connectivity index (χ3v) is 4.75. The Bertz CT molecular complexity index is 699. The maximum Gasteiger partial charge on any atom is 0.131 e. The molecule has 2 aromatic rings. The third-order valence-electron chi connectivity index (χ3n) is 4.75. The number of aryl methyl sites for hydroxylation is 1. The summed E-state index contributed by atoms with van der Waals surface area (Å²) in [6.45, 7) is 2.04. The smallest absolute Gasteiger partial charge is 0.131 e. The normalized spacial score (nSPS) is 17.4. The van der Waals surface area contributed by atoms with Gasteiger partial charge in [0.2, 0.25) is 0 Å². The van der Waals surface area contributed by atoms with E-state index in [1.165, 1.54) is 30.5 Å². The second kappa shape index (κ2) is 7.08. The van der Waals surface area contributed by atoms with Crippen LogP contribution in [0.3, 0.4) is 0 Å². The van der Waals surface area contributed by atoms with Gasteiger partial charge in [-0.2, -0.15) is 0 Å². The molecule has 0 N–H and O–H groups in total. The zero-order valence-corrected chi connectivity index (χ0v) is 13.5. The zero-order valence-electron chi connectivity index (χ0n) is 13.5. The number of fused-ring (bicyclic) bond motifs is 1. The fourth-order valence-corrected chi connectivity index (χ4v) is 3.45. The summed E-state index contributed by atoms with van der Waals surface area (Å²) in [6, 6.07) is 9.69. The number of allylic oxidation sites excluding steroid dienone is 2. The molecule has 0 saturated heterocycles. The molecule has 0 aromatic heterocycles. The molecule has 0 heterocycles. The topological polar surface area (TPSA) is 0 Å². The molecule has 2 heteroatoms. The second-order valence-corrected chi connectivity index (χ2v) is 6.36. The van der Waals surface area contributed by atoms with E-state index >= 15 is 0 Å². The molecule has 120 valence electrons. The van der Waals surface area contributed by atoms with Crippen molar-refractivity contribution in [2.75, 3.05) is 0 Å². The van der Waals surface area contributed by atoms with Gasteiger partial charge < -0.3 is 0 Å². The van der Waals surface area contributed by atoms with Crippen LogP contribution in [0.1, 0.15) is 37.3 Å². The fourth-order valence-electron chi connectivity index (χ4n) is 3.45. The van der Waals surface area contributed by atoms with Crippen LogP contribution in [0.15, 0.2) is 48.6 Å². The first-order valence-corrected chi connectivity index (χ1v) is 8.35. The van der Waals surface area contributed by atoms with Crippen molar-refractivity contribution in [3.63, 3.8) is 0 Å². The zero-order chi connectivity index (χ0) is 16.2. The monoisotopic (exact) mass is 312 g/mol. The molecule has 1 atom stereocenters. The summed E-state index contributed by atoms with van der Waals surface area (Å²) >= 11 is 0. The van der Waals surface area contributed by atoms with Crippen molar-refractivity contribution < 1.29 is 8.78 Å². The minimum Gasteiger partial charge on any atom is -0.207 e. The second-order valence-electron chi connectivity index (χ2n) is 6.36. The van der Waals surface area contributed by atoms with Gasteiger partial charge in [0.15, 0.2) is 0 Å². The molecule has 0 spiro atoms. The van der Waals surface area contributed by atoms with E-state index in [0.29, 0.717) is 11.5 Å². The molecular formula is C21H22F2. The fraction of sp³-hybridized carbons (Fsp3) is 0.333. The highest BCUT2D eigenvalue weighted by molar-refractivity contribution is 5.66. The number of rotatable bonds is 4. The van der Waals surface area contributed by atoms with Crippen molar-refractivity contribution in [2.24, 2.45) is 5.92 Å². The third kappa shape index (κ3) is 3.69. The van der Waals surface area contributed by atoms with Crippen molar-refractivity contribution in [3.8, 4) is 11.1 Å². The summed E-state index contributed by atoms with van der Waals surface area (Å²) in [5.74, 6) is 0.148. The predicted octanol–water partition coefficient (Wildman–Crippen LogP) is 6.09. The average molecular weight is 312 g/mol. The van der Waals surface area contributed by atoms with Crippen molar-refractivity contribution in [1.82, 2.24) is 0 Å². The highest BCUT2D eigenvalue weighted by atomic mass is 19.1. The predicted molar refractivity (Wildman–Crippen MR) is 91.4 cm³/mol. The van der Waals surface area contributed by atoms with Crippen LogP contribution >= 0.6 is 0 Å². The summed E-state index contributed by atoms with van der Waals surface area (Å²) in [6.07, 6.45) is 9.70. The van der Waals surface area contributed by atoms with E-state index in [1.807, 2.05) is 13.0 Å². The lowest BCUT2D eigenvalue weighted by Crippen LogP contribution is -2.14. The van der Waals surface area contributed by atoms with E-state index in [0.717, 1.165) is 30.4 Å². The van der Waals surface area contributed by atoms with Gasteiger partial charge in [0, 0.05) is 5.56 Å². The molecule has 23 heavy (non-hydrogen) atoms. The van der Waals surface area contributed by atoms with Gasteiger partial charge in [-0.1, -0.05) is 24.3 Å². The van der Waals surface area contributed by atoms with Gasteiger partial charge in [-0.05, 0) is 85.9 Å². The van der Waals surface area contributed by atoms with Gasteiger partial charge in [-0.3, -0.25) is 0 Å². The van der Waals surface area contributed by atoms with E-state index < -0.39 is 0 Å². The summed E-state index contributed by atoms with van der Waals surface area (Å²) in [5, 5.41) is 0. The van der Waals surface area contributed by atoms with Crippen LogP contribution in [0, 0.1) is 17.6 Å². The SMILES string of the molecule is C/C=C/CCC1CCc2cc(-c3ccc(F)cc3)c(F)cc2C1. The molecule has 0 amide bonds. The number of halogens is 2. The van der Waals surface area contributed by atoms with Crippen LogP contribution < -0.4 is 0 Å².